The third-order valence-corrected chi connectivity index (χ3v) is 6.46. The molecule has 146 valence electrons. The van der Waals surface area contributed by atoms with Gasteiger partial charge < -0.3 is 10.6 Å². The highest BCUT2D eigenvalue weighted by Crippen LogP contribution is 2.25. The number of nitrogens with zero attached hydrogens (tertiary/aromatic N) is 5. The standard InChI is InChI=1S/C17H16F2N6O2S/c18-13-3-1-11(9-14(13)19)28(26,27)25-7-5-24(6-8-25)17-12-2-4-15(20)23-16(12)21-10-22-17/h1-4,9-10H,5-8H2,(H2,20,21,22,23). The van der Waals surface area contributed by atoms with E-state index in [1.54, 1.807) is 12.1 Å². The Hall–Kier alpha value is -2.92. The molecule has 3 heterocycles. The molecule has 1 saturated heterocycles. The predicted molar refractivity (Wildman–Crippen MR) is 99.1 cm³/mol. The Kier molecular flexibility index (Phi) is 4.55. The maximum Gasteiger partial charge on any atom is 0.243 e. The Labute approximate surface area is 159 Å². The van der Waals surface area contributed by atoms with Crippen molar-refractivity contribution < 1.29 is 17.2 Å². The number of hydrogen-bond acceptors (Lipinski definition) is 7. The number of hydrogen-bond donors (Lipinski definition) is 1. The lowest BCUT2D eigenvalue weighted by atomic mass is 10.2. The van der Waals surface area contributed by atoms with Crippen molar-refractivity contribution in [2.75, 3.05) is 36.8 Å². The maximum atomic E-state index is 13.4. The predicted octanol–water partition coefficient (Wildman–Crippen LogP) is 1.40. The summed E-state index contributed by atoms with van der Waals surface area (Å²) in [6.45, 7) is 1.10. The Bertz CT molecular complexity index is 1150. The van der Waals surface area contributed by atoms with Crippen LogP contribution < -0.4 is 10.6 Å². The molecule has 8 nitrogen and oxygen atoms in total. The molecule has 0 amide bonds. The van der Waals surface area contributed by atoms with E-state index >= 15 is 0 Å². The number of pyridine rings is 1. The Morgan fingerprint density at radius 1 is 0.964 bits per heavy atom. The van der Waals surface area contributed by atoms with Gasteiger partial charge in [0.15, 0.2) is 17.3 Å². The number of nitrogens with two attached hydrogens (primary N) is 1. The molecule has 1 fully saturated rings. The number of fused-ring (bicyclic) bond motifs is 1. The van der Waals surface area contributed by atoms with Crippen LogP contribution in [-0.2, 0) is 10.0 Å². The van der Waals surface area contributed by atoms with E-state index < -0.39 is 21.7 Å². The van der Waals surface area contributed by atoms with Gasteiger partial charge in [-0.05, 0) is 30.3 Å². The summed E-state index contributed by atoms with van der Waals surface area (Å²) >= 11 is 0. The molecule has 28 heavy (non-hydrogen) atoms. The van der Waals surface area contributed by atoms with E-state index in [1.165, 1.54) is 10.6 Å². The van der Waals surface area contributed by atoms with Gasteiger partial charge in [-0.25, -0.2) is 32.2 Å². The molecule has 0 saturated carbocycles. The summed E-state index contributed by atoms with van der Waals surface area (Å²) in [5.41, 5.74) is 6.15. The van der Waals surface area contributed by atoms with Crippen LogP contribution in [0.3, 0.4) is 0 Å². The van der Waals surface area contributed by atoms with E-state index in [0.29, 0.717) is 41.8 Å². The van der Waals surface area contributed by atoms with Crippen LogP contribution >= 0.6 is 0 Å². The second-order valence-corrected chi connectivity index (χ2v) is 8.21. The highest BCUT2D eigenvalue weighted by molar-refractivity contribution is 7.89. The normalized spacial score (nSPS) is 15.9. The SMILES string of the molecule is Nc1ccc2c(N3CCN(S(=O)(=O)c4ccc(F)c(F)c4)CC3)ncnc2n1. The second kappa shape index (κ2) is 6.91. The third kappa shape index (κ3) is 3.22. The summed E-state index contributed by atoms with van der Waals surface area (Å²) in [5, 5.41) is 0.716. The lowest BCUT2D eigenvalue weighted by Crippen LogP contribution is -2.49. The fourth-order valence-electron chi connectivity index (χ4n) is 3.12. The molecule has 0 radical (unpaired) electrons. The molecule has 4 rings (SSSR count). The van der Waals surface area contributed by atoms with Gasteiger partial charge in [0.05, 0.1) is 10.3 Å². The van der Waals surface area contributed by atoms with Crippen molar-refractivity contribution in [2.45, 2.75) is 4.90 Å². The van der Waals surface area contributed by atoms with Gasteiger partial charge >= 0.3 is 0 Å². The van der Waals surface area contributed by atoms with Crippen LogP contribution in [0.5, 0.6) is 0 Å². The molecule has 2 aromatic heterocycles. The average Bonchev–Trinajstić information content (AvgIpc) is 2.69. The summed E-state index contributed by atoms with van der Waals surface area (Å²) in [6, 6.07) is 6.00. The molecule has 0 spiro atoms. The number of rotatable bonds is 3. The van der Waals surface area contributed by atoms with Crippen LogP contribution in [0.25, 0.3) is 11.0 Å². The Morgan fingerprint density at radius 3 is 2.43 bits per heavy atom. The van der Waals surface area contributed by atoms with Crippen molar-refractivity contribution in [3.63, 3.8) is 0 Å². The van der Waals surface area contributed by atoms with Crippen molar-refractivity contribution in [1.29, 1.82) is 0 Å². The van der Waals surface area contributed by atoms with Gasteiger partial charge in [-0.2, -0.15) is 4.31 Å². The summed E-state index contributed by atoms with van der Waals surface area (Å²) < 4.78 is 53.2. The Morgan fingerprint density at radius 2 is 1.71 bits per heavy atom. The van der Waals surface area contributed by atoms with Crippen LogP contribution in [0.15, 0.2) is 41.6 Å². The van der Waals surface area contributed by atoms with Crippen molar-refractivity contribution >= 4 is 32.7 Å². The van der Waals surface area contributed by atoms with Gasteiger partial charge in [-0.3, -0.25) is 0 Å². The topological polar surface area (TPSA) is 105 Å². The van der Waals surface area contributed by atoms with E-state index in [1.807, 2.05) is 4.90 Å². The zero-order chi connectivity index (χ0) is 19.9. The minimum absolute atomic E-state index is 0.176. The van der Waals surface area contributed by atoms with Gasteiger partial charge in [0, 0.05) is 26.2 Å². The van der Waals surface area contributed by atoms with Crippen LogP contribution in [0.1, 0.15) is 0 Å². The third-order valence-electron chi connectivity index (χ3n) is 4.56. The molecule has 0 atom stereocenters. The first-order valence-corrected chi connectivity index (χ1v) is 9.87. The summed E-state index contributed by atoms with van der Waals surface area (Å²) in [6.07, 6.45) is 1.38. The molecule has 0 aliphatic carbocycles. The minimum atomic E-state index is -3.92. The number of aromatic nitrogens is 3. The zero-order valence-electron chi connectivity index (χ0n) is 14.6. The summed E-state index contributed by atoms with van der Waals surface area (Å²) in [5.74, 6) is -1.30. The molecule has 0 unspecified atom stereocenters. The maximum absolute atomic E-state index is 13.4. The number of benzene rings is 1. The molecule has 0 bridgehead atoms. The summed E-state index contributed by atoms with van der Waals surface area (Å²) in [7, 11) is -3.92. The van der Waals surface area contributed by atoms with E-state index in [0.717, 1.165) is 12.1 Å². The second-order valence-electron chi connectivity index (χ2n) is 6.27. The van der Waals surface area contributed by atoms with Gasteiger partial charge in [-0.15, -0.1) is 0 Å². The fraction of sp³-hybridized carbons (Fsp3) is 0.235. The monoisotopic (exact) mass is 406 g/mol. The quantitative estimate of drug-likeness (QED) is 0.701. The molecule has 1 aliphatic rings. The zero-order valence-corrected chi connectivity index (χ0v) is 15.4. The van der Waals surface area contributed by atoms with Gasteiger partial charge in [0.25, 0.3) is 0 Å². The smallest absolute Gasteiger partial charge is 0.243 e. The first kappa shape index (κ1) is 18.4. The van der Waals surface area contributed by atoms with E-state index in [2.05, 4.69) is 15.0 Å². The number of halogens is 2. The van der Waals surface area contributed by atoms with E-state index in [-0.39, 0.29) is 18.0 Å². The number of nitrogen functional groups attached to an aromatic ring is 1. The molecule has 1 aliphatic heterocycles. The van der Waals surface area contributed by atoms with E-state index in [9.17, 15) is 17.2 Å². The summed E-state index contributed by atoms with van der Waals surface area (Å²) in [4.78, 5) is 14.2. The minimum Gasteiger partial charge on any atom is -0.384 e. The lowest BCUT2D eigenvalue weighted by Gasteiger charge is -2.35. The molecule has 1 aromatic carbocycles. The van der Waals surface area contributed by atoms with Crippen molar-refractivity contribution in [3.8, 4) is 0 Å². The van der Waals surface area contributed by atoms with Crippen molar-refractivity contribution in [2.24, 2.45) is 0 Å². The number of sulfonamides is 1. The van der Waals surface area contributed by atoms with Crippen molar-refractivity contribution in [3.05, 3.63) is 48.3 Å². The van der Waals surface area contributed by atoms with E-state index in [4.69, 9.17) is 5.73 Å². The Balaban J connectivity index is 1.56. The number of piperazine rings is 1. The number of anilines is 2. The first-order chi connectivity index (χ1) is 13.4. The molecule has 11 heteroatoms. The van der Waals surface area contributed by atoms with Crippen LogP contribution in [0, 0.1) is 11.6 Å². The van der Waals surface area contributed by atoms with Gasteiger partial charge in [-0.1, -0.05) is 0 Å². The highest BCUT2D eigenvalue weighted by Gasteiger charge is 2.30. The highest BCUT2D eigenvalue weighted by atomic mass is 32.2. The first-order valence-electron chi connectivity index (χ1n) is 8.43. The van der Waals surface area contributed by atoms with Gasteiger partial charge in [0.2, 0.25) is 10.0 Å². The molecular formula is C17H16F2N6O2S. The molecule has 2 N–H and O–H groups in total. The van der Waals surface area contributed by atoms with Crippen LogP contribution in [0.2, 0.25) is 0 Å². The average molecular weight is 406 g/mol. The lowest BCUT2D eigenvalue weighted by molar-refractivity contribution is 0.383. The molecule has 3 aromatic rings. The largest absolute Gasteiger partial charge is 0.384 e. The van der Waals surface area contributed by atoms with Gasteiger partial charge in [0.1, 0.15) is 18.0 Å². The van der Waals surface area contributed by atoms with Crippen LogP contribution in [-0.4, -0.2) is 53.9 Å². The fourth-order valence-corrected chi connectivity index (χ4v) is 4.56. The molecular weight excluding hydrogens is 390 g/mol. The van der Waals surface area contributed by atoms with Crippen molar-refractivity contribution in [1.82, 2.24) is 19.3 Å². The van der Waals surface area contributed by atoms with Crippen LogP contribution in [0.4, 0.5) is 20.4 Å².